The van der Waals surface area contributed by atoms with E-state index >= 15 is 0 Å². The molecule has 4 heteroatoms. The lowest BCUT2D eigenvalue weighted by Gasteiger charge is -2.24. The number of carboxylic acid groups (broad SMARTS) is 1. The van der Waals surface area contributed by atoms with Crippen molar-refractivity contribution in [2.75, 3.05) is 0 Å². The fourth-order valence-corrected chi connectivity index (χ4v) is 5.40. The quantitative estimate of drug-likeness (QED) is 0.234. The maximum absolute atomic E-state index is 11.7. The third-order valence-electron chi connectivity index (χ3n) is 7.40. The molecule has 29 heavy (non-hydrogen) atoms. The van der Waals surface area contributed by atoms with E-state index in [2.05, 4.69) is 6.92 Å². The highest BCUT2D eigenvalue weighted by Gasteiger charge is 2.48. The minimum absolute atomic E-state index is 0.0212. The summed E-state index contributed by atoms with van der Waals surface area (Å²) in [5.41, 5.74) is 0. The third-order valence-corrected chi connectivity index (χ3v) is 7.40. The first-order valence-corrected chi connectivity index (χ1v) is 12.7. The smallest absolute Gasteiger partial charge is 0.309 e. The molecule has 3 rings (SSSR count). The number of carbonyl (C=O) groups is 1. The van der Waals surface area contributed by atoms with Crippen LogP contribution in [0.3, 0.4) is 0 Å². The number of aliphatic carboxylic acids is 1. The molecule has 4 nitrogen and oxygen atoms in total. The first-order valence-electron chi connectivity index (χ1n) is 12.7. The fraction of sp³-hybridized carbons (Fsp3) is 0.960. The number of epoxide rings is 2. The first kappa shape index (κ1) is 23.1. The van der Waals surface area contributed by atoms with Gasteiger partial charge in [-0.3, -0.25) is 4.79 Å². The zero-order chi connectivity index (χ0) is 20.5. The van der Waals surface area contributed by atoms with Gasteiger partial charge in [0, 0.05) is 0 Å². The molecule has 0 aromatic carbocycles. The molecule has 2 heterocycles. The summed E-state index contributed by atoms with van der Waals surface area (Å²) in [6, 6.07) is 0. The molecule has 168 valence electrons. The van der Waals surface area contributed by atoms with E-state index in [-0.39, 0.29) is 18.1 Å². The van der Waals surface area contributed by atoms with Crippen molar-refractivity contribution < 1.29 is 19.4 Å². The minimum Gasteiger partial charge on any atom is -0.481 e. The first-order chi connectivity index (χ1) is 14.2. The number of hydrogen-bond donors (Lipinski definition) is 1. The maximum atomic E-state index is 11.7. The van der Waals surface area contributed by atoms with Crippen LogP contribution in [0.4, 0.5) is 0 Å². The summed E-state index contributed by atoms with van der Waals surface area (Å²) in [7, 11) is 0. The number of rotatable bonds is 16. The van der Waals surface area contributed by atoms with Crippen LogP contribution < -0.4 is 0 Å². The molecule has 1 aliphatic carbocycles. The molecule has 3 aliphatic rings. The van der Waals surface area contributed by atoms with Gasteiger partial charge in [-0.05, 0) is 31.6 Å². The molecule has 3 fully saturated rings. The van der Waals surface area contributed by atoms with Crippen molar-refractivity contribution in [1.82, 2.24) is 0 Å². The largest absolute Gasteiger partial charge is 0.481 e. The Bertz CT molecular complexity index is 473. The van der Waals surface area contributed by atoms with E-state index in [1.807, 2.05) is 0 Å². The SMILES string of the molecule is CCCCCCCCC1OC1CCCCC1OC1C(CC1CCCCC1)C(=O)O. The Kier molecular flexibility index (Phi) is 9.78. The van der Waals surface area contributed by atoms with Crippen molar-refractivity contribution in [3.05, 3.63) is 0 Å². The molecule has 2 saturated heterocycles. The van der Waals surface area contributed by atoms with Crippen LogP contribution in [0.25, 0.3) is 0 Å². The molecule has 5 atom stereocenters. The normalized spacial score (nSPS) is 30.2. The summed E-state index contributed by atoms with van der Waals surface area (Å²) in [6.45, 7) is 2.26. The molecule has 0 aromatic heterocycles. The molecule has 5 unspecified atom stereocenters. The van der Waals surface area contributed by atoms with Crippen LogP contribution in [0.2, 0.25) is 0 Å². The van der Waals surface area contributed by atoms with Gasteiger partial charge in [-0.15, -0.1) is 0 Å². The van der Waals surface area contributed by atoms with Gasteiger partial charge in [0.25, 0.3) is 0 Å². The van der Waals surface area contributed by atoms with E-state index in [1.54, 1.807) is 0 Å². The molecular weight excluding hydrogens is 364 g/mol. The van der Waals surface area contributed by atoms with E-state index < -0.39 is 5.97 Å². The van der Waals surface area contributed by atoms with Crippen LogP contribution in [0, 0.1) is 11.8 Å². The van der Waals surface area contributed by atoms with Gasteiger partial charge in [0.05, 0.1) is 30.3 Å². The lowest BCUT2D eigenvalue weighted by atomic mass is 9.81. The van der Waals surface area contributed by atoms with E-state index in [4.69, 9.17) is 9.47 Å². The van der Waals surface area contributed by atoms with Crippen LogP contribution in [-0.4, -0.2) is 35.5 Å². The molecule has 0 spiro atoms. The fourth-order valence-electron chi connectivity index (χ4n) is 5.40. The molecule has 0 radical (unpaired) electrons. The third kappa shape index (κ3) is 8.20. The zero-order valence-electron chi connectivity index (χ0n) is 18.7. The van der Waals surface area contributed by atoms with E-state index in [0.29, 0.717) is 18.1 Å². The predicted octanol–water partition coefficient (Wildman–Crippen LogP) is 6.50. The second-order valence-electron chi connectivity index (χ2n) is 9.88. The lowest BCUT2D eigenvalue weighted by Crippen LogP contribution is -2.25. The van der Waals surface area contributed by atoms with Crippen LogP contribution in [-0.2, 0) is 14.3 Å². The van der Waals surface area contributed by atoms with Gasteiger partial charge in [-0.25, -0.2) is 0 Å². The van der Waals surface area contributed by atoms with Gasteiger partial charge in [-0.1, -0.05) is 90.4 Å². The Hall–Kier alpha value is -0.610. The van der Waals surface area contributed by atoms with Crippen molar-refractivity contribution in [3.63, 3.8) is 0 Å². The number of ether oxygens (including phenoxy) is 2. The molecule has 1 saturated carbocycles. The Balaban J connectivity index is 1.19. The molecule has 2 aliphatic heterocycles. The molecule has 0 amide bonds. The van der Waals surface area contributed by atoms with Crippen LogP contribution in [0.1, 0.15) is 116 Å². The van der Waals surface area contributed by atoms with Crippen molar-refractivity contribution >= 4 is 5.97 Å². The van der Waals surface area contributed by atoms with Crippen LogP contribution in [0.15, 0.2) is 0 Å². The van der Waals surface area contributed by atoms with Gasteiger partial charge in [-0.2, -0.15) is 0 Å². The summed E-state index contributed by atoms with van der Waals surface area (Å²) in [5, 5.41) is 9.65. The van der Waals surface area contributed by atoms with Gasteiger partial charge < -0.3 is 14.6 Å². The number of hydrogen-bond acceptors (Lipinski definition) is 3. The van der Waals surface area contributed by atoms with Crippen molar-refractivity contribution in [2.24, 2.45) is 11.8 Å². The van der Waals surface area contributed by atoms with Gasteiger partial charge in [0.1, 0.15) is 0 Å². The predicted molar refractivity (Wildman–Crippen MR) is 116 cm³/mol. The number of unbranched alkanes of at least 4 members (excludes halogenated alkanes) is 6. The Labute approximate surface area is 178 Å². The second-order valence-corrected chi connectivity index (χ2v) is 9.88. The highest BCUT2D eigenvalue weighted by atomic mass is 16.6. The Morgan fingerprint density at radius 2 is 1.41 bits per heavy atom. The summed E-state index contributed by atoms with van der Waals surface area (Å²) in [4.78, 5) is 11.7. The van der Waals surface area contributed by atoms with Gasteiger partial charge in [0.15, 0.2) is 0 Å². The zero-order valence-corrected chi connectivity index (χ0v) is 18.7. The Morgan fingerprint density at radius 1 is 0.828 bits per heavy atom. The van der Waals surface area contributed by atoms with Gasteiger partial charge >= 0.3 is 5.97 Å². The van der Waals surface area contributed by atoms with Crippen LogP contribution in [0.5, 0.6) is 0 Å². The minimum atomic E-state index is -0.646. The monoisotopic (exact) mass is 408 g/mol. The maximum Gasteiger partial charge on any atom is 0.309 e. The van der Waals surface area contributed by atoms with Gasteiger partial charge in [0.2, 0.25) is 0 Å². The van der Waals surface area contributed by atoms with E-state index in [9.17, 15) is 9.90 Å². The Morgan fingerprint density at radius 3 is 2.07 bits per heavy atom. The molecular formula is C25H44O4. The highest BCUT2D eigenvalue weighted by Crippen LogP contribution is 2.40. The molecule has 1 N–H and O–H groups in total. The molecule has 0 aromatic rings. The molecule has 0 bridgehead atoms. The van der Waals surface area contributed by atoms with Crippen LogP contribution >= 0.6 is 0 Å². The van der Waals surface area contributed by atoms with E-state index in [0.717, 1.165) is 19.3 Å². The average Bonchev–Trinajstić information content (AvgIpc) is 3.63. The summed E-state index contributed by atoms with van der Waals surface area (Å²) < 4.78 is 11.6. The lowest BCUT2D eigenvalue weighted by molar-refractivity contribution is -0.143. The summed E-state index contributed by atoms with van der Waals surface area (Å²) >= 11 is 0. The average molecular weight is 409 g/mol. The summed E-state index contributed by atoms with van der Waals surface area (Å²) in [5.74, 6) is -0.325. The van der Waals surface area contributed by atoms with Crippen molar-refractivity contribution in [1.29, 1.82) is 0 Å². The number of carboxylic acids is 1. The highest BCUT2D eigenvalue weighted by molar-refractivity contribution is 5.71. The van der Waals surface area contributed by atoms with Crippen molar-refractivity contribution in [3.8, 4) is 0 Å². The topological polar surface area (TPSA) is 62.4 Å². The summed E-state index contributed by atoms with van der Waals surface area (Å²) in [6.07, 6.45) is 22.2. The standard InChI is InChI=1S/C25H44O4/c1-2-3-4-5-6-10-15-21-22(28-21)16-11-12-17-23-24(29-23)20(25(26)27)18-19-13-8-7-9-14-19/h19-24H,2-18H2,1H3,(H,26,27). The van der Waals surface area contributed by atoms with E-state index in [1.165, 1.54) is 89.9 Å². The van der Waals surface area contributed by atoms with Crippen molar-refractivity contribution in [2.45, 2.75) is 140 Å². The second kappa shape index (κ2) is 12.3.